The lowest BCUT2D eigenvalue weighted by Gasteiger charge is -2.71. The molecule has 0 amide bonds. The summed E-state index contributed by atoms with van der Waals surface area (Å²) in [5.41, 5.74) is -0.862. The highest BCUT2D eigenvalue weighted by Gasteiger charge is 2.70. The largest absolute Gasteiger partial charge is 0.479 e. The quantitative estimate of drug-likeness (QED) is 0.0931. The van der Waals surface area contributed by atoms with Crippen LogP contribution >= 0.6 is 0 Å². The number of aliphatic carboxylic acids is 1. The number of aliphatic hydroxyl groups is 9. The van der Waals surface area contributed by atoms with Crippen LogP contribution in [0.5, 0.6) is 0 Å². The molecule has 0 bridgehead atoms. The van der Waals surface area contributed by atoms with Crippen molar-refractivity contribution >= 4 is 11.9 Å². The van der Waals surface area contributed by atoms with E-state index in [2.05, 4.69) is 54.5 Å². The Hall–Kier alpha value is -1.88. The summed E-state index contributed by atoms with van der Waals surface area (Å²) >= 11 is 0. The lowest BCUT2D eigenvalue weighted by molar-refractivity contribution is -0.363. The normalized spacial score (nSPS) is 53.2. The highest BCUT2D eigenvalue weighted by Crippen LogP contribution is 2.76. The Morgan fingerprint density at radius 1 is 0.682 bits per heavy atom. The molecule has 0 radical (unpaired) electrons. The maximum atomic E-state index is 14.7. The van der Waals surface area contributed by atoms with Crippen LogP contribution < -0.4 is 0 Å². The lowest BCUT2D eigenvalue weighted by atomic mass is 9.33. The fourth-order valence-corrected chi connectivity index (χ4v) is 15.0. The van der Waals surface area contributed by atoms with Gasteiger partial charge < -0.3 is 79.5 Å². The SMILES string of the molecule is C[C@@H]1O[C@@H](O[C@@H]2[C@@H](O)[C@H](O[C@H]3CC[C@@]4(C)C(CC[C@]5(C)C4CC=C4[C@@H]6CC(C)(C)CC[C@]6(C(=O)O[C@@H]6O[C@H](CO)[C@@H](O)[C@H](O)[C@H]6O)CC[C@]45C)C3(C)C)O[C@H](C(=O)O)[C@H]2O)[C@H](O)[C@H](O)[C@H]1O. The van der Waals surface area contributed by atoms with Crippen LogP contribution in [-0.4, -0.2) is 168 Å². The van der Waals surface area contributed by atoms with E-state index >= 15 is 0 Å². The molecule has 2 unspecified atom stereocenters. The van der Waals surface area contributed by atoms with Crippen molar-refractivity contribution in [2.75, 3.05) is 6.61 Å². The predicted molar refractivity (Wildman–Crippen MR) is 229 cm³/mol. The average Bonchev–Trinajstić information content (AvgIpc) is 3.25. The first kappa shape index (κ1) is 50.5. The molecule has 0 aromatic rings. The van der Waals surface area contributed by atoms with Gasteiger partial charge in [-0.2, -0.15) is 0 Å². The molecule has 0 spiro atoms. The van der Waals surface area contributed by atoms with Gasteiger partial charge in [0.15, 0.2) is 18.7 Å². The predicted octanol–water partition coefficient (Wildman–Crippen LogP) is 1.26. The summed E-state index contributed by atoms with van der Waals surface area (Å²) < 4.78 is 35.4. The number of carbonyl (C=O) groups is 2. The van der Waals surface area contributed by atoms with Crippen LogP contribution in [0.15, 0.2) is 11.6 Å². The minimum atomic E-state index is -1.91. The molecule has 3 saturated heterocycles. The van der Waals surface area contributed by atoms with Gasteiger partial charge in [-0.25, -0.2) is 4.79 Å². The fourth-order valence-electron chi connectivity index (χ4n) is 15.0. The molecule has 376 valence electrons. The van der Waals surface area contributed by atoms with Crippen molar-refractivity contribution in [2.24, 2.45) is 50.2 Å². The summed E-state index contributed by atoms with van der Waals surface area (Å²) in [7, 11) is 0. The minimum absolute atomic E-state index is 0.0691. The zero-order chi connectivity index (χ0) is 48.4. The number of carbonyl (C=O) groups excluding carboxylic acids is 1. The molecule has 3 aliphatic heterocycles. The van der Waals surface area contributed by atoms with E-state index in [4.69, 9.17) is 28.4 Å². The van der Waals surface area contributed by atoms with E-state index in [1.165, 1.54) is 12.5 Å². The molecule has 7 fully saturated rings. The molecule has 66 heavy (non-hydrogen) atoms. The number of fused-ring (bicyclic) bond motifs is 7. The van der Waals surface area contributed by atoms with Crippen molar-refractivity contribution in [3.05, 3.63) is 11.6 Å². The van der Waals surface area contributed by atoms with Gasteiger partial charge in [0, 0.05) is 0 Å². The molecule has 5 aliphatic carbocycles. The third-order valence-electron chi connectivity index (χ3n) is 19.2. The summed E-state index contributed by atoms with van der Waals surface area (Å²) in [5, 5.41) is 106. The number of hydrogen-bond acceptors (Lipinski definition) is 17. The zero-order valence-electron chi connectivity index (χ0n) is 39.6. The molecule has 0 aromatic heterocycles. The fraction of sp³-hybridized carbons (Fsp3) is 0.917. The van der Waals surface area contributed by atoms with Crippen LogP contribution in [-0.2, 0) is 38.0 Å². The maximum absolute atomic E-state index is 14.7. The second kappa shape index (κ2) is 17.5. The van der Waals surface area contributed by atoms with Gasteiger partial charge in [0.2, 0.25) is 6.29 Å². The number of carboxylic acids is 1. The number of aliphatic hydroxyl groups excluding tert-OH is 9. The van der Waals surface area contributed by atoms with E-state index < -0.39 is 128 Å². The lowest BCUT2D eigenvalue weighted by Crippen LogP contribution is -2.67. The van der Waals surface area contributed by atoms with Gasteiger partial charge in [-0.05, 0) is 116 Å². The van der Waals surface area contributed by atoms with Crippen molar-refractivity contribution in [3.63, 3.8) is 0 Å². The topological polar surface area (TPSA) is 292 Å². The van der Waals surface area contributed by atoms with Gasteiger partial charge in [0.25, 0.3) is 0 Å². The highest BCUT2D eigenvalue weighted by atomic mass is 16.7. The maximum Gasteiger partial charge on any atom is 0.335 e. The second-order valence-corrected chi connectivity index (χ2v) is 23.5. The van der Waals surface area contributed by atoms with E-state index in [0.29, 0.717) is 19.3 Å². The van der Waals surface area contributed by atoms with Crippen LogP contribution in [0.2, 0.25) is 0 Å². The Morgan fingerprint density at radius 2 is 1.32 bits per heavy atom. The summed E-state index contributed by atoms with van der Waals surface area (Å²) in [6.45, 7) is 16.7. The number of hydrogen-bond donors (Lipinski definition) is 10. The summed E-state index contributed by atoms with van der Waals surface area (Å²) in [6.07, 6.45) is -14.8. The monoisotopic (exact) mass is 941 g/mol. The van der Waals surface area contributed by atoms with Gasteiger partial charge in [0.1, 0.15) is 61.0 Å². The van der Waals surface area contributed by atoms with Crippen LogP contribution in [0.1, 0.15) is 120 Å². The number of carboxylic acid groups (broad SMARTS) is 1. The van der Waals surface area contributed by atoms with Crippen molar-refractivity contribution in [1.29, 1.82) is 0 Å². The van der Waals surface area contributed by atoms with E-state index in [9.17, 15) is 60.7 Å². The standard InChI is InChI=1S/C48H76O18/c1-21-28(50)30(52)32(54)39(61-21)64-36-34(56)37(38(58)59)65-41(35(36)57)63-27-12-13-45(6)25(44(27,4)5)11-14-47(8)26(45)10-9-22-23-19-43(2,3)15-17-48(23,18-16-46(22,47)7)42(60)66-40-33(55)31(53)29(51)24(20-49)62-40/h9,21,23-37,39-41,49-57H,10-20H2,1-8H3,(H,58,59)/t21-,23-,24+,25?,26?,27-,28-,29+,30+,31-,32+,33+,34-,35+,36-,37-,39-,40-,41+,45-,46+,47+,48-/m0/s1. The molecule has 8 aliphatic rings. The van der Waals surface area contributed by atoms with E-state index in [1.807, 2.05) is 0 Å². The molecule has 4 saturated carbocycles. The second-order valence-electron chi connectivity index (χ2n) is 23.5. The zero-order valence-corrected chi connectivity index (χ0v) is 39.6. The Bertz CT molecular complexity index is 1860. The molecule has 10 N–H and O–H groups in total. The summed E-state index contributed by atoms with van der Waals surface area (Å²) in [5.74, 6) is -1.81. The molecule has 18 heteroatoms. The summed E-state index contributed by atoms with van der Waals surface area (Å²) in [6, 6.07) is 0. The number of allylic oxidation sites excluding steroid dienone is 2. The van der Waals surface area contributed by atoms with Gasteiger partial charge in [-0.15, -0.1) is 0 Å². The van der Waals surface area contributed by atoms with Crippen molar-refractivity contribution in [2.45, 2.75) is 218 Å². The molecule has 23 atom stereocenters. The van der Waals surface area contributed by atoms with Gasteiger partial charge >= 0.3 is 11.9 Å². The van der Waals surface area contributed by atoms with Crippen LogP contribution in [0, 0.1) is 50.2 Å². The molecular weight excluding hydrogens is 865 g/mol. The third kappa shape index (κ3) is 7.74. The van der Waals surface area contributed by atoms with Crippen LogP contribution in [0.3, 0.4) is 0 Å². The van der Waals surface area contributed by atoms with Crippen LogP contribution in [0.25, 0.3) is 0 Å². The first-order chi connectivity index (χ1) is 30.7. The number of rotatable bonds is 8. The van der Waals surface area contributed by atoms with Crippen molar-refractivity contribution in [3.8, 4) is 0 Å². The molecule has 3 heterocycles. The van der Waals surface area contributed by atoms with Gasteiger partial charge in [0.05, 0.1) is 24.2 Å². The molecular formula is C48H76O18. The van der Waals surface area contributed by atoms with E-state index in [1.54, 1.807) is 0 Å². The molecule has 18 nitrogen and oxygen atoms in total. The number of ether oxygens (including phenoxy) is 6. The third-order valence-corrected chi connectivity index (χ3v) is 19.2. The minimum Gasteiger partial charge on any atom is -0.479 e. The molecule has 8 rings (SSSR count). The van der Waals surface area contributed by atoms with E-state index in [-0.39, 0.29) is 39.4 Å². The Labute approximate surface area is 386 Å². The first-order valence-electron chi connectivity index (χ1n) is 24.2. The molecule has 0 aromatic carbocycles. The Balaban J connectivity index is 1.03. The average molecular weight is 941 g/mol. The Morgan fingerprint density at radius 3 is 1.98 bits per heavy atom. The Kier molecular flexibility index (Phi) is 13.4. The summed E-state index contributed by atoms with van der Waals surface area (Å²) in [4.78, 5) is 27.1. The van der Waals surface area contributed by atoms with Gasteiger partial charge in [-0.3, -0.25) is 4.79 Å². The van der Waals surface area contributed by atoms with Crippen molar-refractivity contribution < 1.29 is 89.1 Å². The number of esters is 1. The van der Waals surface area contributed by atoms with Crippen LogP contribution in [0.4, 0.5) is 0 Å². The van der Waals surface area contributed by atoms with E-state index in [0.717, 1.165) is 44.9 Å². The highest BCUT2D eigenvalue weighted by molar-refractivity contribution is 5.79. The van der Waals surface area contributed by atoms with Gasteiger partial charge in [-0.1, -0.05) is 60.1 Å². The first-order valence-corrected chi connectivity index (χ1v) is 24.2. The smallest absolute Gasteiger partial charge is 0.335 e. The van der Waals surface area contributed by atoms with Crippen molar-refractivity contribution in [1.82, 2.24) is 0 Å².